The molecule has 0 spiro atoms. The summed E-state index contributed by atoms with van der Waals surface area (Å²) in [6.07, 6.45) is 0. The summed E-state index contributed by atoms with van der Waals surface area (Å²) in [5.74, 6) is 0. The Balaban J connectivity index is 2.98. The van der Waals surface area contributed by atoms with Gasteiger partial charge in [-0.2, -0.15) is 0 Å². The van der Waals surface area contributed by atoms with Gasteiger partial charge in [0.15, 0.2) is 7.85 Å². The Kier molecular flexibility index (Phi) is 1.93. The first-order valence-electron chi connectivity index (χ1n) is 2.46. The maximum atomic E-state index is 10.6. The van der Waals surface area contributed by atoms with Crippen LogP contribution < -0.4 is 0 Å². The van der Waals surface area contributed by atoms with E-state index >= 15 is 0 Å². The predicted octanol–water partition coefficient (Wildman–Crippen LogP) is 1.17. The summed E-state index contributed by atoms with van der Waals surface area (Å²) in [4.78, 5) is 11.3. The Morgan fingerprint density at radius 1 is 1.67 bits per heavy atom. The zero-order valence-electron chi connectivity index (χ0n) is 4.85. The van der Waals surface area contributed by atoms with Crippen molar-refractivity contribution in [1.82, 2.24) is 0 Å². The van der Waals surface area contributed by atoms with Gasteiger partial charge in [-0.25, -0.2) is 0 Å². The topological polar surface area (TPSA) is 17.1 Å². The lowest BCUT2D eigenvalue weighted by Crippen LogP contribution is -1.90. The van der Waals surface area contributed by atoms with E-state index in [9.17, 15) is 4.79 Å². The van der Waals surface area contributed by atoms with Gasteiger partial charge in [-0.15, -0.1) is 11.3 Å². The summed E-state index contributed by atoms with van der Waals surface area (Å²) in [5, 5.41) is 0. The fraction of sp³-hybridized carbons (Fsp3) is 0. The first-order valence-corrected chi connectivity index (χ1v) is 3.66. The number of halogens is 1. The minimum absolute atomic E-state index is 0.0758. The molecule has 0 aliphatic rings. The molecule has 46 valence electrons. The van der Waals surface area contributed by atoms with Crippen molar-refractivity contribution in [2.75, 3.05) is 0 Å². The van der Waals surface area contributed by atoms with Crippen LogP contribution >= 0.6 is 22.9 Å². The maximum Gasteiger partial charge on any atom is 0.194 e. The van der Waals surface area contributed by atoms with E-state index in [0.717, 1.165) is 4.88 Å². The van der Waals surface area contributed by atoms with Gasteiger partial charge in [-0.3, -0.25) is 0 Å². The molecule has 0 N–H and O–H groups in total. The largest absolute Gasteiger partial charge is 0.306 e. The van der Waals surface area contributed by atoms with Crippen LogP contribution in [-0.4, -0.2) is 13.5 Å². The second-order valence-electron chi connectivity index (χ2n) is 1.66. The van der Waals surface area contributed by atoms with Crippen LogP contribution in [0.25, 0.3) is 0 Å². The number of carbonyl (C=O) groups is 1. The lowest BCUT2D eigenvalue weighted by atomic mass is 10.0. The molecule has 0 unspecified atom stereocenters. The number of carbonyl (C=O) groups excluding carboxylic acids is 1. The Morgan fingerprint density at radius 2 is 2.33 bits per heavy atom. The molecule has 0 aliphatic carbocycles. The molecular weight excluding hydrogens is 154 g/mol. The van der Waals surface area contributed by atoms with Gasteiger partial charge in [0.25, 0.3) is 0 Å². The van der Waals surface area contributed by atoms with E-state index in [-0.39, 0.29) is 5.68 Å². The Hall–Kier alpha value is -0.275. The van der Waals surface area contributed by atoms with Gasteiger partial charge in [0.1, 0.15) is 5.68 Å². The van der Waals surface area contributed by atoms with E-state index < -0.39 is 0 Å². The van der Waals surface area contributed by atoms with Crippen LogP contribution in [-0.2, 0) is 0 Å². The minimum Gasteiger partial charge on any atom is -0.306 e. The molecular formula is C5H4BClOS. The average Bonchev–Trinajstić information content (AvgIpc) is 2.14. The number of rotatable bonds is 1. The van der Waals surface area contributed by atoms with Crippen LogP contribution in [0.5, 0.6) is 0 Å². The van der Waals surface area contributed by atoms with Gasteiger partial charge in [0.05, 0.1) is 9.21 Å². The van der Waals surface area contributed by atoms with Crippen LogP contribution in [0.2, 0.25) is 4.34 Å². The highest BCUT2D eigenvalue weighted by Crippen LogP contribution is 2.20. The van der Waals surface area contributed by atoms with E-state index in [2.05, 4.69) is 0 Å². The second kappa shape index (κ2) is 2.54. The van der Waals surface area contributed by atoms with Crippen molar-refractivity contribution in [2.45, 2.75) is 0 Å². The molecule has 1 nitrogen and oxygen atoms in total. The monoisotopic (exact) mass is 158 g/mol. The molecule has 1 aromatic heterocycles. The lowest BCUT2D eigenvalue weighted by molar-refractivity contribution is 0.108. The summed E-state index contributed by atoms with van der Waals surface area (Å²) in [5.41, 5.74) is 0.0758. The summed E-state index contributed by atoms with van der Waals surface area (Å²) in [6.45, 7) is 0. The molecule has 1 rings (SSSR count). The summed E-state index contributed by atoms with van der Waals surface area (Å²) in [6, 6.07) is 3.46. The summed E-state index contributed by atoms with van der Waals surface area (Å²) < 4.78 is 0.667. The Bertz CT molecular complexity index is 233. The van der Waals surface area contributed by atoms with Crippen LogP contribution in [0.3, 0.4) is 0 Å². The third kappa shape index (κ3) is 1.56. The van der Waals surface area contributed by atoms with E-state index in [1.165, 1.54) is 19.2 Å². The van der Waals surface area contributed by atoms with Gasteiger partial charge < -0.3 is 4.79 Å². The molecule has 4 heteroatoms. The molecule has 0 bridgehead atoms. The first-order chi connectivity index (χ1) is 4.20. The molecule has 1 heterocycles. The third-order valence-electron chi connectivity index (χ3n) is 0.920. The standard InChI is InChI=1S/C5H4BClOS/c6-5(8)3-1-2-4(7)9-3/h1-2H,6H2. The normalized spacial score (nSPS) is 9.44. The molecule has 0 aliphatic heterocycles. The Labute approximate surface area is 63.1 Å². The molecule has 0 radical (unpaired) electrons. The molecule has 0 saturated carbocycles. The molecule has 0 amide bonds. The zero-order valence-corrected chi connectivity index (χ0v) is 6.42. The van der Waals surface area contributed by atoms with Crippen molar-refractivity contribution in [3.05, 3.63) is 21.3 Å². The van der Waals surface area contributed by atoms with Crippen molar-refractivity contribution in [1.29, 1.82) is 0 Å². The SMILES string of the molecule is BC(=O)c1ccc(Cl)s1. The average molecular weight is 158 g/mol. The van der Waals surface area contributed by atoms with Crippen LogP contribution in [0.4, 0.5) is 0 Å². The van der Waals surface area contributed by atoms with Crippen LogP contribution in [0.1, 0.15) is 9.67 Å². The quantitative estimate of drug-likeness (QED) is 0.561. The van der Waals surface area contributed by atoms with Crippen molar-refractivity contribution >= 4 is 36.5 Å². The fourth-order valence-electron chi connectivity index (χ4n) is 0.504. The molecule has 0 fully saturated rings. The lowest BCUT2D eigenvalue weighted by Gasteiger charge is -1.80. The molecule has 1 aromatic rings. The van der Waals surface area contributed by atoms with Crippen molar-refractivity contribution in [3.8, 4) is 0 Å². The smallest absolute Gasteiger partial charge is 0.194 e. The van der Waals surface area contributed by atoms with Crippen LogP contribution in [0, 0.1) is 0 Å². The van der Waals surface area contributed by atoms with Gasteiger partial charge >= 0.3 is 0 Å². The summed E-state index contributed by atoms with van der Waals surface area (Å²) in [7, 11) is 1.53. The Morgan fingerprint density at radius 3 is 2.56 bits per heavy atom. The molecule has 0 atom stereocenters. The van der Waals surface area contributed by atoms with Gasteiger partial charge in [0.2, 0.25) is 0 Å². The summed E-state index contributed by atoms with van der Waals surface area (Å²) >= 11 is 6.88. The highest BCUT2D eigenvalue weighted by molar-refractivity contribution is 7.19. The van der Waals surface area contributed by atoms with Crippen molar-refractivity contribution < 1.29 is 4.79 Å². The van der Waals surface area contributed by atoms with Crippen molar-refractivity contribution in [3.63, 3.8) is 0 Å². The van der Waals surface area contributed by atoms with Gasteiger partial charge in [0, 0.05) is 0 Å². The fourth-order valence-corrected chi connectivity index (χ4v) is 1.44. The third-order valence-corrected chi connectivity index (χ3v) is 2.25. The molecule has 0 aromatic carbocycles. The van der Waals surface area contributed by atoms with E-state index in [0.29, 0.717) is 4.34 Å². The first kappa shape index (κ1) is 6.84. The predicted molar refractivity (Wildman–Crippen MR) is 42.2 cm³/mol. The highest BCUT2D eigenvalue weighted by Gasteiger charge is 2.00. The second-order valence-corrected chi connectivity index (χ2v) is 3.38. The molecule has 0 saturated heterocycles. The van der Waals surface area contributed by atoms with Gasteiger partial charge in [-0.05, 0) is 12.1 Å². The zero-order chi connectivity index (χ0) is 6.85. The van der Waals surface area contributed by atoms with E-state index in [1.54, 1.807) is 12.1 Å². The van der Waals surface area contributed by atoms with E-state index in [4.69, 9.17) is 11.6 Å². The highest BCUT2D eigenvalue weighted by atomic mass is 35.5. The molecule has 9 heavy (non-hydrogen) atoms. The van der Waals surface area contributed by atoms with E-state index in [1.807, 2.05) is 0 Å². The number of hydrogen-bond acceptors (Lipinski definition) is 2. The maximum absolute atomic E-state index is 10.6. The number of hydrogen-bond donors (Lipinski definition) is 0. The number of thiophene rings is 1. The van der Waals surface area contributed by atoms with Gasteiger partial charge in [-0.1, -0.05) is 11.6 Å². The minimum atomic E-state index is 0.0758. The van der Waals surface area contributed by atoms with Crippen LogP contribution in [0.15, 0.2) is 12.1 Å². The van der Waals surface area contributed by atoms with Crippen molar-refractivity contribution in [2.24, 2.45) is 0 Å².